The van der Waals surface area contributed by atoms with Crippen LogP contribution < -0.4 is 11.1 Å². The average molecular weight is 324 g/mol. The molecule has 0 aliphatic carbocycles. The van der Waals surface area contributed by atoms with Gasteiger partial charge in [0.25, 0.3) is 5.91 Å². The van der Waals surface area contributed by atoms with E-state index in [0.29, 0.717) is 25.1 Å². The van der Waals surface area contributed by atoms with Gasteiger partial charge in [-0.15, -0.1) is 0 Å². The summed E-state index contributed by atoms with van der Waals surface area (Å²) in [5.74, 6) is -0.673. The number of nitrogens with zero attached hydrogens (tertiary/aromatic N) is 2. The summed E-state index contributed by atoms with van der Waals surface area (Å²) in [6, 6.07) is 5.37. The van der Waals surface area contributed by atoms with Crippen molar-refractivity contribution < 1.29 is 18.0 Å². The van der Waals surface area contributed by atoms with Crippen molar-refractivity contribution in [3.05, 3.63) is 52.3 Å². The van der Waals surface area contributed by atoms with Gasteiger partial charge in [0.2, 0.25) is 0 Å². The first kappa shape index (κ1) is 15.5. The molecule has 0 fully saturated rings. The van der Waals surface area contributed by atoms with Gasteiger partial charge in [-0.3, -0.25) is 9.48 Å². The number of carbonyl (C=O) groups is 1. The largest absolute Gasteiger partial charge is 0.416 e. The molecule has 1 aromatic carbocycles. The maximum Gasteiger partial charge on any atom is 0.416 e. The minimum absolute atomic E-state index is 0.0503. The Morgan fingerprint density at radius 2 is 2.09 bits per heavy atom. The molecule has 0 spiro atoms. The Labute approximate surface area is 130 Å². The topological polar surface area (TPSA) is 72.9 Å². The Kier molecular flexibility index (Phi) is 3.85. The molecule has 8 heteroatoms. The Morgan fingerprint density at radius 3 is 2.78 bits per heavy atom. The first-order valence-electron chi connectivity index (χ1n) is 7.12. The van der Waals surface area contributed by atoms with Gasteiger partial charge in [-0.2, -0.15) is 18.3 Å². The fraction of sp³-hybridized carbons (Fsp3) is 0.333. The Balaban J connectivity index is 2.03. The lowest BCUT2D eigenvalue weighted by Gasteiger charge is -2.17. The highest BCUT2D eigenvalue weighted by Gasteiger charge is 2.33. The first-order valence-corrected chi connectivity index (χ1v) is 7.12. The normalized spacial score (nSPS) is 14.6. The smallest absolute Gasteiger partial charge is 0.364 e. The van der Waals surface area contributed by atoms with Gasteiger partial charge in [-0.25, -0.2) is 0 Å². The zero-order valence-electron chi connectivity index (χ0n) is 12.2. The fourth-order valence-corrected chi connectivity index (χ4v) is 2.84. The molecule has 1 aliphatic rings. The van der Waals surface area contributed by atoms with E-state index >= 15 is 0 Å². The van der Waals surface area contributed by atoms with Crippen LogP contribution in [-0.4, -0.2) is 22.2 Å². The number of primary amides is 1. The van der Waals surface area contributed by atoms with Crippen LogP contribution in [0.15, 0.2) is 24.3 Å². The Morgan fingerprint density at radius 1 is 1.35 bits per heavy atom. The van der Waals surface area contributed by atoms with Crippen LogP contribution in [0.1, 0.15) is 32.9 Å². The molecule has 0 unspecified atom stereocenters. The van der Waals surface area contributed by atoms with Gasteiger partial charge >= 0.3 is 6.18 Å². The molecule has 3 rings (SSSR count). The summed E-state index contributed by atoms with van der Waals surface area (Å²) in [4.78, 5) is 11.5. The number of nitrogens with one attached hydrogen (secondary N) is 1. The van der Waals surface area contributed by atoms with Crippen LogP contribution in [0.4, 0.5) is 13.2 Å². The fourth-order valence-electron chi connectivity index (χ4n) is 2.84. The molecule has 1 aromatic heterocycles. The molecule has 5 nitrogen and oxygen atoms in total. The van der Waals surface area contributed by atoms with E-state index in [1.807, 2.05) is 0 Å². The van der Waals surface area contributed by atoms with Crippen molar-refractivity contribution in [2.45, 2.75) is 25.7 Å². The van der Waals surface area contributed by atoms with Crippen LogP contribution in [0.2, 0.25) is 0 Å². The summed E-state index contributed by atoms with van der Waals surface area (Å²) in [7, 11) is 0. The SMILES string of the molecule is NC(=O)c1nn(Cc2ccccc2C(F)(F)F)c2c1CNCC2. The van der Waals surface area contributed by atoms with Crippen LogP contribution in [0.25, 0.3) is 0 Å². The van der Waals surface area contributed by atoms with Crippen molar-refractivity contribution in [1.29, 1.82) is 0 Å². The Hall–Kier alpha value is -2.35. The third-order valence-electron chi connectivity index (χ3n) is 3.88. The van der Waals surface area contributed by atoms with Crippen molar-refractivity contribution in [1.82, 2.24) is 15.1 Å². The molecule has 23 heavy (non-hydrogen) atoms. The molecule has 0 saturated heterocycles. The maximum atomic E-state index is 13.1. The number of carbonyl (C=O) groups excluding carboxylic acids is 1. The lowest BCUT2D eigenvalue weighted by atomic mass is 10.1. The standard InChI is InChI=1S/C15H15F3N4O/c16-15(17,18)11-4-2-1-3-9(11)8-22-12-5-6-20-7-10(12)13(21-22)14(19)23/h1-4,20H,5-8H2,(H2,19,23). The lowest BCUT2D eigenvalue weighted by molar-refractivity contribution is -0.138. The number of benzene rings is 1. The van der Waals surface area contributed by atoms with E-state index in [4.69, 9.17) is 5.73 Å². The maximum absolute atomic E-state index is 13.1. The minimum Gasteiger partial charge on any atom is -0.364 e. The van der Waals surface area contributed by atoms with Crippen LogP contribution in [0, 0.1) is 0 Å². The van der Waals surface area contributed by atoms with E-state index in [2.05, 4.69) is 10.4 Å². The number of halogens is 3. The molecular weight excluding hydrogens is 309 g/mol. The number of amides is 1. The van der Waals surface area contributed by atoms with Crippen LogP contribution >= 0.6 is 0 Å². The van der Waals surface area contributed by atoms with E-state index in [0.717, 1.165) is 11.8 Å². The number of hydrogen-bond donors (Lipinski definition) is 2. The van der Waals surface area contributed by atoms with E-state index in [-0.39, 0.29) is 17.8 Å². The summed E-state index contributed by atoms with van der Waals surface area (Å²) in [6.45, 7) is 1.07. The van der Waals surface area contributed by atoms with Crippen LogP contribution in [0.5, 0.6) is 0 Å². The number of alkyl halides is 3. The zero-order valence-corrected chi connectivity index (χ0v) is 12.2. The molecule has 122 valence electrons. The van der Waals surface area contributed by atoms with E-state index in [1.165, 1.54) is 16.8 Å². The number of aromatic nitrogens is 2. The lowest BCUT2D eigenvalue weighted by Crippen LogP contribution is -2.26. The van der Waals surface area contributed by atoms with Gasteiger partial charge < -0.3 is 11.1 Å². The van der Waals surface area contributed by atoms with Crippen LogP contribution in [0.3, 0.4) is 0 Å². The summed E-state index contributed by atoms with van der Waals surface area (Å²) in [5.41, 5.74) is 6.29. The summed E-state index contributed by atoms with van der Waals surface area (Å²) in [6.07, 6.45) is -3.85. The molecule has 0 radical (unpaired) electrons. The average Bonchev–Trinajstić information content (AvgIpc) is 2.86. The predicted molar refractivity (Wildman–Crippen MR) is 76.7 cm³/mol. The quantitative estimate of drug-likeness (QED) is 0.902. The molecule has 0 saturated carbocycles. The second-order valence-corrected chi connectivity index (χ2v) is 5.38. The van der Waals surface area contributed by atoms with Crippen molar-refractivity contribution >= 4 is 5.91 Å². The molecular formula is C15H15F3N4O. The Bertz CT molecular complexity index is 752. The van der Waals surface area contributed by atoms with E-state index in [9.17, 15) is 18.0 Å². The highest BCUT2D eigenvalue weighted by atomic mass is 19.4. The molecule has 2 aromatic rings. The molecule has 0 atom stereocenters. The molecule has 1 amide bonds. The van der Waals surface area contributed by atoms with Gasteiger partial charge in [0.1, 0.15) is 0 Å². The van der Waals surface area contributed by atoms with Crippen molar-refractivity contribution in [2.75, 3.05) is 6.54 Å². The van der Waals surface area contributed by atoms with E-state index in [1.54, 1.807) is 6.07 Å². The summed E-state index contributed by atoms with van der Waals surface area (Å²) >= 11 is 0. The predicted octanol–water partition coefficient (Wildman–Crippen LogP) is 1.69. The number of nitrogens with two attached hydrogens (primary N) is 1. The third kappa shape index (κ3) is 2.94. The number of fused-ring (bicyclic) bond motifs is 1. The summed E-state index contributed by atoms with van der Waals surface area (Å²) in [5, 5.41) is 7.25. The monoisotopic (exact) mass is 324 g/mol. The highest BCUT2D eigenvalue weighted by molar-refractivity contribution is 5.92. The second-order valence-electron chi connectivity index (χ2n) is 5.38. The van der Waals surface area contributed by atoms with Gasteiger partial charge in [-0.05, 0) is 11.6 Å². The summed E-state index contributed by atoms with van der Waals surface area (Å²) < 4.78 is 40.8. The number of hydrogen-bond acceptors (Lipinski definition) is 3. The second kappa shape index (κ2) is 5.69. The van der Waals surface area contributed by atoms with Gasteiger partial charge in [0, 0.05) is 30.8 Å². The number of rotatable bonds is 3. The minimum atomic E-state index is -4.43. The van der Waals surface area contributed by atoms with Crippen molar-refractivity contribution in [3.8, 4) is 0 Å². The molecule has 0 bridgehead atoms. The third-order valence-corrected chi connectivity index (χ3v) is 3.88. The highest BCUT2D eigenvalue weighted by Crippen LogP contribution is 2.32. The van der Waals surface area contributed by atoms with Crippen LogP contribution in [-0.2, 0) is 25.7 Å². The molecule has 2 heterocycles. The van der Waals surface area contributed by atoms with Crippen molar-refractivity contribution in [2.24, 2.45) is 5.73 Å². The van der Waals surface area contributed by atoms with Crippen molar-refractivity contribution in [3.63, 3.8) is 0 Å². The van der Waals surface area contributed by atoms with E-state index < -0.39 is 17.6 Å². The van der Waals surface area contributed by atoms with Gasteiger partial charge in [0.05, 0.1) is 12.1 Å². The van der Waals surface area contributed by atoms with Gasteiger partial charge in [0.15, 0.2) is 5.69 Å². The molecule has 3 N–H and O–H groups in total. The first-order chi connectivity index (χ1) is 10.9. The van der Waals surface area contributed by atoms with Gasteiger partial charge in [-0.1, -0.05) is 18.2 Å². The zero-order chi connectivity index (χ0) is 16.6. The molecule has 1 aliphatic heterocycles.